The molecule has 6 atom stereocenters. The molecule has 0 aromatic carbocycles. The number of nitrogens with one attached hydrogen (secondary N) is 1. The Morgan fingerprint density at radius 3 is 2.70 bits per heavy atom. The molecule has 6 unspecified atom stereocenters. The molecule has 4 heteroatoms. The molecule has 0 aromatic rings. The normalized spacial score (nSPS) is 42.2. The van der Waals surface area contributed by atoms with Gasteiger partial charge in [-0.2, -0.15) is 5.26 Å². The monoisotopic (exact) mass is 337 g/mol. The van der Waals surface area contributed by atoms with E-state index >= 15 is 0 Å². The van der Waals surface area contributed by atoms with E-state index in [1.165, 1.54) is 19.3 Å². The van der Waals surface area contributed by atoms with Crippen molar-refractivity contribution in [2.45, 2.75) is 76.9 Å². The van der Waals surface area contributed by atoms with E-state index in [0.29, 0.717) is 23.5 Å². The van der Waals surface area contributed by atoms with Crippen molar-refractivity contribution in [1.82, 2.24) is 10.2 Å². The standard InChI is InChI=1S/C19H32ClN3/c1-19(2,3)17-10-13-5-4-8-22-18(13)23(17)12-14-6-7-16(20)9-15(14)11-21/h13-18,22H,4-10,12H2,1-3H3. The fourth-order valence-electron chi connectivity index (χ4n) is 5.11. The quantitative estimate of drug-likeness (QED) is 0.775. The molecule has 130 valence electrons. The first-order chi connectivity index (χ1) is 10.9. The summed E-state index contributed by atoms with van der Waals surface area (Å²) in [6.07, 6.45) is 7.56. The summed E-state index contributed by atoms with van der Waals surface area (Å²) in [5.41, 5.74) is 0.296. The van der Waals surface area contributed by atoms with Crippen LogP contribution in [0.1, 0.15) is 59.3 Å². The van der Waals surface area contributed by atoms with Gasteiger partial charge >= 0.3 is 0 Å². The Morgan fingerprint density at radius 1 is 1.22 bits per heavy atom. The van der Waals surface area contributed by atoms with Crippen molar-refractivity contribution in [3.63, 3.8) is 0 Å². The van der Waals surface area contributed by atoms with E-state index in [2.05, 4.69) is 37.1 Å². The second-order valence-corrected chi connectivity index (χ2v) is 9.64. The highest BCUT2D eigenvalue weighted by atomic mass is 35.5. The fraction of sp³-hybridized carbons (Fsp3) is 0.947. The second kappa shape index (κ2) is 6.90. The number of nitrogens with zero attached hydrogens (tertiary/aromatic N) is 2. The summed E-state index contributed by atoms with van der Waals surface area (Å²) in [5.74, 6) is 1.41. The van der Waals surface area contributed by atoms with Crippen LogP contribution in [0.3, 0.4) is 0 Å². The Balaban J connectivity index is 1.76. The molecule has 3 nitrogen and oxygen atoms in total. The van der Waals surface area contributed by atoms with Crippen LogP contribution in [0.5, 0.6) is 0 Å². The van der Waals surface area contributed by atoms with Gasteiger partial charge in [-0.15, -0.1) is 11.6 Å². The summed E-state index contributed by atoms with van der Waals surface area (Å²) in [4.78, 5) is 2.73. The number of rotatable bonds is 2. The first-order valence-corrected chi connectivity index (χ1v) is 9.86. The Morgan fingerprint density at radius 2 is 2.00 bits per heavy atom. The largest absolute Gasteiger partial charge is 0.301 e. The zero-order valence-corrected chi connectivity index (χ0v) is 15.6. The molecule has 2 heterocycles. The van der Waals surface area contributed by atoms with Crippen molar-refractivity contribution in [2.24, 2.45) is 23.2 Å². The lowest BCUT2D eigenvalue weighted by Crippen LogP contribution is -2.54. The van der Waals surface area contributed by atoms with Gasteiger partial charge in [-0.05, 0) is 62.3 Å². The maximum atomic E-state index is 9.57. The molecule has 0 spiro atoms. The summed E-state index contributed by atoms with van der Waals surface area (Å²) in [7, 11) is 0. The minimum absolute atomic E-state index is 0.134. The van der Waals surface area contributed by atoms with Crippen molar-refractivity contribution in [1.29, 1.82) is 5.26 Å². The molecule has 3 aliphatic rings. The smallest absolute Gasteiger partial charge is 0.0659 e. The first-order valence-electron chi connectivity index (χ1n) is 9.43. The highest BCUT2D eigenvalue weighted by molar-refractivity contribution is 6.20. The minimum Gasteiger partial charge on any atom is -0.301 e. The molecule has 0 bridgehead atoms. The van der Waals surface area contributed by atoms with E-state index in [1.807, 2.05) is 0 Å². The van der Waals surface area contributed by atoms with Crippen LogP contribution in [0.4, 0.5) is 0 Å². The summed E-state index contributed by atoms with van der Waals surface area (Å²) in [6.45, 7) is 9.33. The van der Waals surface area contributed by atoms with Gasteiger partial charge < -0.3 is 5.32 Å². The van der Waals surface area contributed by atoms with Gasteiger partial charge in [0.25, 0.3) is 0 Å². The fourth-order valence-corrected chi connectivity index (χ4v) is 5.43. The van der Waals surface area contributed by atoms with Gasteiger partial charge in [-0.1, -0.05) is 20.8 Å². The van der Waals surface area contributed by atoms with Gasteiger partial charge in [0.05, 0.1) is 18.2 Å². The van der Waals surface area contributed by atoms with E-state index in [0.717, 1.165) is 38.3 Å². The van der Waals surface area contributed by atoms with Gasteiger partial charge in [0.15, 0.2) is 0 Å². The third-order valence-electron chi connectivity index (χ3n) is 6.38. The highest BCUT2D eigenvalue weighted by Gasteiger charge is 2.47. The molecular weight excluding hydrogens is 306 g/mol. The maximum Gasteiger partial charge on any atom is 0.0659 e. The van der Waals surface area contributed by atoms with Gasteiger partial charge in [0.1, 0.15) is 0 Å². The SMILES string of the molecule is CC(C)(C)C1CC2CCCNC2N1CC1CCC(Cl)CC1C#N. The molecule has 2 aliphatic heterocycles. The lowest BCUT2D eigenvalue weighted by atomic mass is 9.78. The molecule has 0 amide bonds. The number of halogens is 1. The summed E-state index contributed by atoms with van der Waals surface area (Å²) < 4.78 is 0. The minimum atomic E-state index is 0.134. The van der Waals surface area contributed by atoms with Crippen molar-refractivity contribution in [3.8, 4) is 6.07 Å². The van der Waals surface area contributed by atoms with Crippen molar-refractivity contribution < 1.29 is 0 Å². The molecule has 3 fully saturated rings. The topological polar surface area (TPSA) is 39.1 Å². The van der Waals surface area contributed by atoms with Crippen LogP contribution in [0.15, 0.2) is 0 Å². The van der Waals surface area contributed by atoms with Crippen LogP contribution < -0.4 is 5.32 Å². The number of nitriles is 1. The highest BCUT2D eigenvalue weighted by Crippen LogP contribution is 2.43. The van der Waals surface area contributed by atoms with Gasteiger partial charge in [0, 0.05) is 18.0 Å². The van der Waals surface area contributed by atoms with Crippen LogP contribution in [0.2, 0.25) is 0 Å². The number of fused-ring (bicyclic) bond motifs is 1. The molecule has 0 aromatic heterocycles. The van der Waals surface area contributed by atoms with E-state index in [1.54, 1.807) is 0 Å². The van der Waals surface area contributed by atoms with Gasteiger partial charge in [0.2, 0.25) is 0 Å². The average Bonchev–Trinajstić information content (AvgIpc) is 2.88. The second-order valence-electron chi connectivity index (χ2n) is 9.02. The van der Waals surface area contributed by atoms with Crippen molar-refractivity contribution in [2.75, 3.05) is 13.1 Å². The third kappa shape index (κ3) is 3.70. The predicted molar refractivity (Wildman–Crippen MR) is 95.2 cm³/mol. The van der Waals surface area contributed by atoms with Crippen LogP contribution >= 0.6 is 11.6 Å². The van der Waals surface area contributed by atoms with E-state index in [9.17, 15) is 5.26 Å². The van der Waals surface area contributed by atoms with Gasteiger partial charge in [-0.3, -0.25) is 4.90 Å². The Bertz CT molecular complexity index is 453. The number of likely N-dealkylation sites (tertiary alicyclic amines) is 1. The zero-order valence-electron chi connectivity index (χ0n) is 14.9. The molecule has 1 saturated carbocycles. The van der Waals surface area contributed by atoms with Crippen molar-refractivity contribution >= 4 is 11.6 Å². The first kappa shape index (κ1) is 17.5. The Labute approximate surface area is 146 Å². The molecule has 3 rings (SSSR count). The van der Waals surface area contributed by atoms with Crippen LogP contribution in [0, 0.1) is 34.5 Å². The van der Waals surface area contributed by atoms with Crippen LogP contribution in [-0.2, 0) is 0 Å². The number of alkyl halides is 1. The summed E-state index contributed by atoms with van der Waals surface area (Å²) in [6, 6.07) is 3.17. The number of hydrogen-bond acceptors (Lipinski definition) is 3. The molecular formula is C19H32ClN3. The molecule has 23 heavy (non-hydrogen) atoms. The predicted octanol–water partition coefficient (Wildman–Crippen LogP) is 3.98. The van der Waals surface area contributed by atoms with E-state index in [-0.39, 0.29) is 11.3 Å². The zero-order chi connectivity index (χ0) is 16.6. The van der Waals surface area contributed by atoms with Crippen LogP contribution in [-0.4, -0.2) is 35.6 Å². The maximum absolute atomic E-state index is 9.57. The van der Waals surface area contributed by atoms with Gasteiger partial charge in [-0.25, -0.2) is 0 Å². The average molecular weight is 338 g/mol. The van der Waals surface area contributed by atoms with E-state index in [4.69, 9.17) is 11.6 Å². The van der Waals surface area contributed by atoms with Crippen molar-refractivity contribution in [3.05, 3.63) is 0 Å². The molecule has 1 N–H and O–H groups in total. The molecule has 2 saturated heterocycles. The Kier molecular flexibility index (Phi) is 5.26. The Hall–Kier alpha value is -0.300. The third-order valence-corrected chi connectivity index (χ3v) is 6.77. The lowest BCUT2D eigenvalue weighted by Gasteiger charge is -2.42. The number of hydrogen-bond donors (Lipinski definition) is 1. The number of piperidine rings is 1. The summed E-state index contributed by atoms with van der Waals surface area (Å²) in [5, 5.41) is 13.6. The van der Waals surface area contributed by atoms with Crippen LogP contribution in [0.25, 0.3) is 0 Å². The summed E-state index contributed by atoms with van der Waals surface area (Å²) >= 11 is 6.31. The molecule has 1 aliphatic carbocycles. The molecule has 0 radical (unpaired) electrons. The van der Waals surface area contributed by atoms with E-state index < -0.39 is 0 Å². The lowest BCUT2D eigenvalue weighted by molar-refractivity contribution is 0.0522.